The van der Waals surface area contributed by atoms with E-state index < -0.39 is 22.1 Å². The first-order valence-corrected chi connectivity index (χ1v) is 13.3. The topological polar surface area (TPSA) is 126 Å². The van der Waals surface area contributed by atoms with Crippen molar-refractivity contribution in [2.75, 3.05) is 23.5 Å². The average Bonchev–Trinajstić information content (AvgIpc) is 3.58. The molecule has 35 heavy (non-hydrogen) atoms. The normalized spacial score (nSPS) is 18.7. The Labute approximate surface area is 200 Å². The lowest BCUT2D eigenvalue weighted by Gasteiger charge is -2.24. The van der Waals surface area contributed by atoms with Gasteiger partial charge in [0.1, 0.15) is 11.3 Å². The van der Waals surface area contributed by atoms with Crippen molar-refractivity contribution in [2.45, 2.75) is 49.5 Å². The van der Waals surface area contributed by atoms with Crippen LogP contribution < -0.4 is 10.6 Å². The summed E-state index contributed by atoms with van der Waals surface area (Å²) in [4.78, 5) is 22.9. The van der Waals surface area contributed by atoms with E-state index in [0.29, 0.717) is 6.61 Å². The second-order valence-electron chi connectivity index (χ2n) is 8.95. The highest BCUT2D eigenvalue weighted by molar-refractivity contribution is 7.90. The van der Waals surface area contributed by atoms with Crippen molar-refractivity contribution in [1.29, 1.82) is 0 Å². The zero-order valence-electron chi connectivity index (χ0n) is 19.0. The number of nitrogens with zero attached hydrogens (tertiary/aromatic N) is 2. The number of aromatic nitrogens is 3. The zero-order chi connectivity index (χ0) is 24.7. The lowest BCUT2D eigenvalue weighted by Crippen LogP contribution is -2.15. The molecule has 3 heterocycles. The summed E-state index contributed by atoms with van der Waals surface area (Å²) in [5.41, 5.74) is 1.39. The van der Waals surface area contributed by atoms with E-state index in [1.165, 1.54) is 6.07 Å². The number of amides is 1. The fourth-order valence-corrected chi connectivity index (χ4v) is 5.01. The van der Waals surface area contributed by atoms with E-state index in [1.54, 1.807) is 18.2 Å². The van der Waals surface area contributed by atoms with Crippen LogP contribution in [0, 0.1) is 5.92 Å². The number of alkyl halides is 2. The van der Waals surface area contributed by atoms with Crippen molar-refractivity contribution in [2.24, 2.45) is 5.92 Å². The molecule has 0 unspecified atom stereocenters. The van der Waals surface area contributed by atoms with E-state index in [0.717, 1.165) is 43.9 Å². The largest absolute Gasteiger partial charge is 0.374 e. The number of benzene rings is 1. The molecule has 1 aliphatic carbocycles. The van der Waals surface area contributed by atoms with E-state index in [2.05, 4.69) is 25.6 Å². The van der Waals surface area contributed by atoms with Gasteiger partial charge in [0.05, 0.1) is 22.4 Å². The summed E-state index contributed by atoms with van der Waals surface area (Å²) in [5.74, 6) is -0.720. The molecular formula is C23H25F2N5O4S. The molecule has 1 saturated heterocycles. The van der Waals surface area contributed by atoms with Gasteiger partial charge < -0.3 is 20.4 Å². The van der Waals surface area contributed by atoms with Gasteiger partial charge in [-0.25, -0.2) is 27.2 Å². The van der Waals surface area contributed by atoms with E-state index in [-0.39, 0.29) is 51.2 Å². The lowest BCUT2D eigenvalue weighted by atomic mass is 10.0. The van der Waals surface area contributed by atoms with Crippen LogP contribution in [0.15, 0.2) is 29.2 Å². The fourth-order valence-electron chi connectivity index (χ4n) is 4.14. The molecule has 1 saturated carbocycles. The summed E-state index contributed by atoms with van der Waals surface area (Å²) in [6, 6.07) is 6.45. The number of carbonyl (C=O) groups is 1. The number of nitrogens with one attached hydrogen (secondary N) is 3. The molecule has 5 rings (SSSR count). The molecule has 1 aliphatic heterocycles. The van der Waals surface area contributed by atoms with Gasteiger partial charge in [-0.15, -0.1) is 0 Å². The molecule has 12 heteroatoms. The number of hydrogen-bond acceptors (Lipinski definition) is 7. The van der Waals surface area contributed by atoms with Gasteiger partial charge in [0.25, 0.3) is 6.43 Å². The Morgan fingerprint density at radius 1 is 1.14 bits per heavy atom. The molecule has 0 radical (unpaired) electrons. The second kappa shape index (κ2) is 9.15. The van der Waals surface area contributed by atoms with Crippen LogP contribution in [0.4, 0.5) is 26.0 Å². The summed E-state index contributed by atoms with van der Waals surface area (Å²) in [7, 11) is -3.66. The third-order valence-corrected chi connectivity index (χ3v) is 7.24. The molecule has 2 aliphatic rings. The number of rotatable bonds is 7. The van der Waals surface area contributed by atoms with Crippen molar-refractivity contribution in [1.82, 2.24) is 15.0 Å². The maximum absolute atomic E-state index is 13.3. The molecule has 186 valence electrons. The number of pyridine rings is 1. The van der Waals surface area contributed by atoms with Gasteiger partial charge in [0.15, 0.2) is 21.3 Å². The minimum absolute atomic E-state index is 0.0438. The van der Waals surface area contributed by atoms with Crippen LogP contribution in [0.1, 0.15) is 56.0 Å². The number of aromatic amines is 1. The molecule has 1 amide bonds. The van der Waals surface area contributed by atoms with Crippen molar-refractivity contribution in [3.63, 3.8) is 0 Å². The van der Waals surface area contributed by atoms with Gasteiger partial charge in [0.2, 0.25) is 5.91 Å². The molecular weight excluding hydrogens is 480 g/mol. The lowest BCUT2D eigenvalue weighted by molar-refractivity contribution is -0.117. The first-order chi connectivity index (χ1) is 16.7. The Bertz CT molecular complexity index is 1380. The number of halogens is 2. The van der Waals surface area contributed by atoms with Crippen molar-refractivity contribution in [3.8, 4) is 0 Å². The average molecular weight is 506 g/mol. The first kappa shape index (κ1) is 23.6. The molecule has 3 aromatic rings. The standard InChI is InChI=1S/C23H25F2N5O4S/c1-35(32,33)17-10-13(16-4-2-3-9-34-16)7-8-14(17)26-15-11-18(28-23(31)12-5-6-12)27-21-19(15)29-22(30-21)20(24)25/h7-8,10-12,16,20H,2-6,9H2,1H3,(H3,26,27,28,29,30,31)/t16-/m0/s1. The van der Waals surface area contributed by atoms with Crippen LogP contribution in [-0.4, -0.2) is 42.1 Å². The van der Waals surface area contributed by atoms with Crippen LogP contribution >= 0.6 is 0 Å². The monoisotopic (exact) mass is 505 g/mol. The highest BCUT2D eigenvalue weighted by Crippen LogP contribution is 2.36. The van der Waals surface area contributed by atoms with Crippen LogP contribution in [0.5, 0.6) is 0 Å². The van der Waals surface area contributed by atoms with E-state index in [9.17, 15) is 22.0 Å². The SMILES string of the molecule is CS(=O)(=O)c1cc([C@@H]2CCCCO2)ccc1Nc1cc(NC(=O)C2CC2)nc2[nH]c(C(F)F)nc12. The van der Waals surface area contributed by atoms with Gasteiger partial charge in [0, 0.05) is 24.8 Å². The molecule has 0 spiro atoms. The second-order valence-corrected chi connectivity index (χ2v) is 10.9. The number of sulfone groups is 1. The number of ether oxygens (including phenoxy) is 1. The number of carbonyl (C=O) groups excluding carboxylic acids is 1. The number of hydrogen-bond donors (Lipinski definition) is 3. The van der Waals surface area contributed by atoms with Gasteiger partial charge in [-0.1, -0.05) is 6.07 Å². The maximum Gasteiger partial charge on any atom is 0.295 e. The minimum Gasteiger partial charge on any atom is -0.374 e. The van der Waals surface area contributed by atoms with Gasteiger partial charge in [-0.3, -0.25) is 4.79 Å². The quantitative estimate of drug-likeness (QED) is 0.427. The molecule has 1 aromatic carbocycles. The third kappa shape index (κ3) is 5.13. The first-order valence-electron chi connectivity index (χ1n) is 11.4. The van der Waals surface area contributed by atoms with Crippen LogP contribution in [0.3, 0.4) is 0 Å². The van der Waals surface area contributed by atoms with Gasteiger partial charge >= 0.3 is 0 Å². The predicted octanol–water partition coefficient (Wildman–Crippen LogP) is 4.63. The zero-order valence-corrected chi connectivity index (χ0v) is 19.8. The highest BCUT2D eigenvalue weighted by Gasteiger charge is 2.30. The molecule has 0 bridgehead atoms. The van der Waals surface area contributed by atoms with Gasteiger partial charge in [-0.2, -0.15) is 0 Å². The van der Waals surface area contributed by atoms with Crippen molar-refractivity contribution >= 4 is 44.1 Å². The molecule has 1 atom stereocenters. The Morgan fingerprint density at radius 3 is 2.60 bits per heavy atom. The number of fused-ring (bicyclic) bond motifs is 1. The predicted molar refractivity (Wildman–Crippen MR) is 126 cm³/mol. The van der Waals surface area contributed by atoms with Crippen molar-refractivity contribution in [3.05, 3.63) is 35.7 Å². The summed E-state index contributed by atoms with van der Waals surface area (Å²) >= 11 is 0. The summed E-state index contributed by atoms with van der Waals surface area (Å²) in [5, 5.41) is 5.72. The number of imidazole rings is 1. The van der Waals surface area contributed by atoms with Crippen LogP contribution in [0.25, 0.3) is 11.2 Å². The van der Waals surface area contributed by atoms with Crippen LogP contribution in [-0.2, 0) is 19.4 Å². The Hall–Kier alpha value is -3.12. The fraction of sp³-hybridized carbons (Fsp3) is 0.435. The summed E-state index contributed by atoms with van der Waals surface area (Å²) < 4.78 is 57.8. The van der Waals surface area contributed by atoms with E-state index >= 15 is 0 Å². The molecule has 3 N–H and O–H groups in total. The molecule has 9 nitrogen and oxygen atoms in total. The Kier molecular flexibility index (Phi) is 6.18. The molecule has 2 fully saturated rings. The maximum atomic E-state index is 13.3. The highest BCUT2D eigenvalue weighted by atomic mass is 32.2. The van der Waals surface area contributed by atoms with Crippen LogP contribution in [0.2, 0.25) is 0 Å². The van der Waals surface area contributed by atoms with Gasteiger partial charge in [-0.05, 0) is 49.8 Å². The number of H-pyrrole nitrogens is 1. The Balaban J connectivity index is 1.55. The Morgan fingerprint density at radius 2 is 1.94 bits per heavy atom. The minimum atomic E-state index is -3.66. The summed E-state index contributed by atoms with van der Waals surface area (Å²) in [6.07, 6.45) is 2.39. The molecule has 2 aromatic heterocycles. The van der Waals surface area contributed by atoms with E-state index in [4.69, 9.17) is 4.74 Å². The number of anilines is 3. The van der Waals surface area contributed by atoms with E-state index in [1.807, 2.05) is 0 Å². The summed E-state index contributed by atoms with van der Waals surface area (Å²) in [6.45, 7) is 0.620. The third-order valence-electron chi connectivity index (χ3n) is 6.10. The van der Waals surface area contributed by atoms with Crippen molar-refractivity contribution < 1.29 is 26.7 Å². The smallest absolute Gasteiger partial charge is 0.295 e.